The van der Waals surface area contributed by atoms with Gasteiger partial charge in [-0.1, -0.05) is 39.7 Å². The predicted octanol–water partition coefficient (Wildman–Crippen LogP) is 3.88. The number of nitrogens with zero attached hydrogens (tertiary/aromatic N) is 1. The van der Waals surface area contributed by atoms with Gasteiger partial charge < -0.3 is 11.1 Å². The fourth-order valence-corrected chi connectivity index (χ4v) is 2.22. The normalized spacial score (nSPS) is 10.1. The van der Waals surface area contributed by atoms with Crippen LogP contribution in [0, 0.1) is 0 Å². The number of anilines is 2. The average molecular weight is 343 g/mol. The fraction of sp³-hybridized carbons (Fsp3) is 0. The van der Waals surface area contributed by atoms with Crippen LogP contribution < -0.4 is 11.1 Å². The maximum absolute atomic E-state index is 6.12. The van der Waals surface area contributed by atoms with Crippen molar-refractivity contribution in [1.29, 1.82) is 0 Å². The van der Waals surface area contributed by atoms with E-state index in [1.807, 2.05) is 24.3 Å². The summed E-state index contributed by atoms with van der Waals surface area (Å²) in [4.78, 5) is 4.33. The maximum Gasteiger partial charge on any atom is 0.122 e. The number of benzene rings is 1. The van der Waals surface area contributed by atoms with Crippen LogP contribution in [0.5, 0.6) is 0 Å². The lowest BCUT2D eigenvalue weighted by Crippen LogP contribution is -2.11. The molecular formula is C12H9BrClN3S. The Labute approximate surface area is 123 Å². The molecule has 0 atom stereocenters. The number of nitrogens with two attached hydrogens (primary N) is 1. The van der Waals surface area contributed by atoms with Crippen LogP contribution in [0.4, 0.5) is 11.4 Å². The molecule has 18 heavy (non-hydrogen) atoms. The van der Waals surface area contributed by atoms with E-state index in [2.05, 4.69) is 26.2 Å². The highest BCUT2D eigenvalue weighted by molar-refractivity contribution is 9.10. The van der Waals surface area contributed by atoms with Gasteiger partial charge in [0.05, 0.1) is 16.4 Å². The van der Waals surface area contributed by atoms with Crippen molar-refractivity contribution >= 4 is 56.1 Å². The van der Waals surface area contributed by atoms with E-state index in [4.69, 9.17) is 29.6 Å². The summed E-state index contributed by atoms with van der Waals surface area (Å²) in [6.07, 6.45) is 1.64. The quantitative estimate of drug-likeness (QED) is 0.831. The third-order valence-electron chi connectivity index (χ3n) is 2.22. The molecule has 0 aliphatic heterocycles. The van der Waals surface area contributed by atoms with Gasteiger partial charge in [0.25, 0.3) is 0 Å². The summed E-state index contributed by atoms with van der Waals surface area (Å²) in [7, 11) is 0. The van der Waals surface area contributed by atoms with Gasteiger partial charge >= 0.3 is 0 Å². The highest BCUT2D eigenvalue weighted by Gasteiger charge is 2.03. The van der Waals surface area contributed by atoms with Crippen molar-refractivity contribution in [2.45, 2.75) is 0 Å². The third kappa shape index (κ3) is 3.19. The second-order valence-corrected chi connectivity index (χ2v) is 5.31. The summed E-state index contributed by atoms with van der Waals surface area (Å²) in [6.45, 7) is 0. The fourth-order valence-electron chi connectivity index (χ4n) is 1.39. The second kappa shape index (κ2) is 5.65. The standard InChI is InChI=1S/C12H9BrClN3S/c13-7-1-2-10(9(14)5-7)17-8-3-4-16-11(6-8)12(15)18/h1-6H,(H2,15,18)(H,16,17). The molecule has 2 aromatic rings. The molecule has 0 spiro atoms. The molecule has 0 amide bonds. The number of pyridine rings is 1. The average Bonchev–Trinajstić information content (AvgIpc) is 2.33. The van der Waals surface area contributed by atoms with Crippen molar-refractivity contribution in [2.24, 2.45) is 5.73 Å². The molecule has 3 nitrogen and oxygen atoms in total. The van der Waals surface area contributed by atoms with Gasteiger partial charge in [0.2, 0.25) is 0 Å². The van der Waals surface area contributed by atoms with Crippen molar-refractivity contribution in [3.63, 3.8) is 0 Å². The summed E-state index contributed by atoms with van der Waals surface area (Å²) in [6, 6.07) is 9.21. The highest BCUT2D eigenvalue weighted by Crippen LogP contribution is 2.28. The molecule has 0 unspecified atom stereocenters. The van der Waals surface area contributed by atoms with E-state index < -0.39 is 0 Å². The zero-order valence-corrected chi connectivity index (χ0v) is 12.3. The number of halogens is 2. The van der Waals surface area contributed by atoms with Crippen LogP contribution in [0.2, 0.25) is 5.02 Å². The molecule has 1 aromatic carbocycles. The lowest BCUT2D eigenvalue weighted by atomic mass is 10.2. The van der Waals surface area contributed by atoms with Gasteiger partial charge in [-0.25, -0.2) is 0 Å². The van der Waals surface area contributed by atoms with Crippen LogP contribution in [0.25, 0.3) is 0 Å². The van der Waals surface area contributed by atoms with Crippen molar-refractivity contribution in [3.8, 4) is 0 Å². The first-order valence-electron chi connectivity index (χ1n) is 5.04. The molecule has 92 valence electrons. The second-order valence-electron chi connectivity index (χ2n) is 3.54. The number of aromatic nitrogens is 1. The molecule has 0 saturated carbocycles. The van der Waals surface area contributed by atoms with E-state index in [1.165, 1.54) is 0 Å². The van der Waals surface area contributed by atoms with Crippen LogP contribution in [0.1, 0.15) is 5.69 Å². The van der Waals surface area contributed by atoms with Crippen molar-refractivity contribution in [1.82, 2.24) is 4.98 Å². The van der Waals surface area contributed by atoms with Gasteiger partial charge in [0.15, 0.2) is 0 Å². The highest BCUT2D eigenvalue weighted by atomic mass is 79.9. The van der Waals surface area contributed by atoms with E-state index in [0.717, 1.165) is 15.8 Å². The smallest absolute Gasteiger partial charge is 0.122 e. The molecule has 0 saturated heterocycles. The van der Waals surface area contributed by atoms with E-state index in [9.17, 15) is 0 Å². The summed E-state index contributed by atoms with van der Waals surface area (Å²) in [5.74, 6) is 0. The van der Waals surface area contributed by atoms with Gasteiger partial charge in [-0.2, -0.15) is 0 Å². The topological polar surface area (TPSA) is 50.9 Å². The molecule has 1 aromatic heterocycles. The minimum Gasteiger partial charge on any atom is -0.388 e. The molecule has 3 N–H and O–H groups in total. The summed E-state index contributed by atoms with van der Waals surface area (Å²) in [5, 5.41) is 3.81. The van der Waals surface area contributed by atoms with Gasteiger partial charge in [-0.05, 0) is 30.3 Å². The molecule has 0 aliphatic rings. The summed E-state index contributed by atoms with van der Waals surface area (Å²) >= 11 is 14.4. The van der Waals surface area contributed by atoms with Gasteiger partial charge in [0.1, 0.15) is 4.99 Å². The first-order valence-corrected chi connectivity index (χ1v) is 6.62. The van der Waals surface area contributed by atoms with Crippen LogP contribution in [-0.2, 0) is 0 Å². The number of hydrogen-bond acceptors (Lipinski definition) is 3. The molecule has 2 rings (SSSR count). The van der Waals surface area contributed by atoms with Gasteiger partial charge in [-0.15, -0.1) is 0 Å². The minimum atomic E-state index is 0.264. The zero-order chi connectivity index (χ0) is 13.1. The largest absolute Gasteiger partial charge is 0.388 e. The Morgan fingerprint density at radius 2 is 2.11 bits per heavy atom. The van der Waals surface area contributed by atoms with Crippen LogP contribution >= 0.6 is 39.7 Å². The third-order valence-corrected chi connectivity index (χ3v) is 3.24. The number of rotatable bonds is 3. The Kier molecular flexibility index (Phi) is 4.16. The Morgan fingerprint density at radius 1 is 1.33 bits per heavy atom. The first-order chi connectivity index (χ1) is 8.56. The van der Waals surface area contributed by atoms with Crippen molar-refractivity contribution in [2.75, 3.05) is 5.32 Å². The molecule has 1 heterocycles. The predicted molar refractivity (Wildman–Crippen MR) is 82.6 cm³/mol. The summed E-state index contributed by atoms with van der Waals surface area (Å²) < 4.78 is 0.927. The lowest BCUT2D eigenvalue weighted by Gasteiger charge is -2.09. The van der Waals surface area contributed by atoms with E-state index >= 15 is 0 Å². The molecular weight excluding hydrogens is 334 g/mol. The Bertz CT molecular complexity index is 604. The molecule has 6 heteroatoms. The van der Waals surface area contributed by atoms with Crippen molar-refractivity contribution < 1.29 is 0 Å². The Morgan fingerprint density at radius 3 is 2.78 bits per heavy atom. The van der Waals surface area contributed by atoms with Gasteiger partial charge in [-0.3, -0.25) is 4.98 Å². The lowest BCUT2D eigenvalue weighted by molar-refractivity contribution is 1.29. The summed E-state index contributed by atoms with van der Waals surface area (Å²) in [5.41, 5.74) is 7.74. The zero-order valence-electron chi connectivity index (χ0n) is 9.15. The Balaban J connectivity index is 2.28. The minimum absolute atomic E-state index is 0.264. The van der Waals surface area contributed by atoms with Crippen molar-refractivity contribution in [3.05, 3.63) is 51.7 Å². The first kappa shape index (κ1) is 13.3. The molecule has 0 radical (unpaired) electrons. The monoisotopic (exact) mass is 341 g/mol. The Hall–Kier alpha value is -1.17. The molecule has 0 bridgehead atoms. The molecule has 0 aliphatic carbocycles. The van der Waals surface area contributed by atoms with Crippen LogP contribution in [0.3, 0.4) is 0 Å². The van der Waals surface area contributed by atoms with E-state index in [0.29, 0.717) is 10.7 Å². The van der Waals surface area contributed by atoms with Crippen LogP contribution in [0.15, 0.2) is 41.0 Å². The maximum atomic E-state index is 6.12. The number of nitrogens with one attached hydrogen (secondary N) is 1. The van der Waals surface area contributed by atoms with Gasteiger partial charge in [0, 0.05) is 16.4 Å². The van der Waals surface area contributed by atoms with Crippen LogP contribution in [-0.4, -0.2) is 9.97 Å². The molecule has 0 fully saturated rings. The number of thiocarbonyl (C=S) groups is 1. The van der Waals surface area contributed by atoms with E-state index in [-0.39, 0.29) is 4.99 Å². The number of hydrogen-bond donors (Lipinski definition) is 2. The van der Waals surface area contributed by atoms with E-state index in [1.54, 1.807) is 12.3 Å². The SMILES string of the molecule is NC(=S)c1cc(Nc2ccc(Br)cc2Cl)ccn1.